The minimum Gasteiger partial charge on any atom is -0.494 e. The van der Waals surface area contributed by atoms with Gasteiger partial charge < -0.3 is 9.84 Å². The van der Waals surface area contributed by atoms with Gasteiger partial charge in [0.05, 0.1) is 12.7 Å². The highest BCUT2D eigenvalue weighted by Crippen LogP contribution is 2.33. The van der Waals surface area contributed by atoms with Gasteiger partial charge in [-0.15, -0.1) is 0 Å². The highest BCUT2D eigenvalue weighted by atomic mass is 19.4. The Balaban J connectivity index is 2.38. The Morgan fingerprint density at radius 3 is 2.33 bits per heavy atom. The number of rotatable bonds is 3. The molecule has 0 aliphatic rings. The van der Waals surface area contributed by atoms with E-state index in [1.165, 1.54) is 31.4 Å². The fourth-order valence-electron chi connectivity index (χ4n) is 1.92. The maximum absolute atomic E-state index is 13.3. The van der Waals surface area contributed by atoms with E-state index in [0.29, 0.717) is 0 Å². The summed E-state index contributed by atoms with van der Waals surface area (Å²) in [6, 6.07) is 7.99. The van der Waals surface area contributed by atoms with E-state index in [0.717, 1.165) is 18.2 Å². The average molecular weight is 300 g/mol. The van der Waals surface area contributed by atoms with Gasteiger partial charge in [-0.1, -0.05) is 18.2 Å². The highest BCUT2D eigenvalue weighted by molar-refractivity contribution is 5.37. The zero-order chi connectivity index (χ0) is 15.6. The molecule has 6 heteroatoms. The molecule has 112 valence electrons. The Kier molecular flexibility index (Phi) is 4.18. The van der Waals surface area contributed by atoms with Crippen molar-refractivity contribution in [2.75, 3.05) is 7.11 Å². The number of aliphatic hydroxyl groups excluding tert-OH is 1. The molecule has 1 atom stereocenters. The van der Waals surface area contributed by atoms with Crippen molar-refractivity contribution in [1.82, 2.24) is 0 Å². The number of methoxy groups -OCH3 is 1. The molecule has 0 heterocycles. The van der Waals surface area contributed by atoms with Crippen LogP contribution in [0.5, 0.6) is 5.75 Å². The molecule has 0 radical (unpaired) electrons. The van der Waals surface area contributed by atoms with Crippen LogP contribution in [0.3, 0.4) is 0 Å². The quantitative estimate of drug-likeness (QED) is 0.870. The SMILES string of the molecule is COc1cc(C(O)c2cccc(C(F)(F)F)c2)ccc1F. The fourth-order valence-corrected chi connectivity index (χ4v) is 1.92. The van der Waals surface area contributed by atoms with E-state index in [9.17, 15) is 22.7 Å². The van der Waals surface area contributed by atoms with Crippen LogP contribution in [-0.4, -0.2) is 12.2 Å². The summed E-state index contributed by atoms with van der Waals surface area (Å²) in [5.41, 5.74) is -0.542. The van der Waals surface area contributed by atoms with Crippen LogP contribution in [0.4, 0.5) is 17.6 Å². The van der Waals surface area contributed by atoms with Gasteiger partial charge in [0.15, 0.2) is 11.6 Å². The predicted molar refractivity (Wildman–Crippen MR) is 68.5 cm³/mol. The second-order valence-corrected chi connectivity index (χ2v) is 4.42. The molecular formula is C15H12F4O2. The van der Waals surface area contributed by atoms with Gasteiger partial charge in [-0.2, -0.15) is 13.2 Å². The Labute approximate surface area is 118 Å². The van der Waals surface area contributed by atoms with Crippen LogP contribution in [0.15, 0.2) is 42.5 Å². The minimum atomic E-state index is -4.49. The Morgan fingerprint density at radius 1 is 1.05 bits per heavy atom. The highest BCUT2D eigenvalue weighted by Gasteiger charge is 2.31. The first kappa shape index (κ1) is 15.3. The van der Waals surface area contributed by atoms with Crippen molar-refractivity contribution < 1.29 is 27.4 Å². The van der Waals surface area contributed by atoms with Crippen molar-refractivity contribution in [1.29, 1.82) is 0 Å². The van der Waals surface area contributed by atoms with Crippen molar-refractivity contribution in [2.45, 2.75) is 12.3 Å². The number of hydrogen-bond acceptors (Lipinski definition) is 2. The molecule has 2 aromatic rings. The van der Waals surface area contributed by atoms with Gasteiger partial charge in [-0.05, 0) is 35.4 Å². The standard InChI is InChI=1S/C15H12F4O2/c1-21-13-8-10(5-6-12(13)16)14(20)9-3-2-4-11(7-9)15(17,18)19/h2-8,14,20H,1H3. The molecule has 0 bridgehead atoms. The molecule has 2 aromatic carbocycles. The Morgan fingerprint density at radius 2 is 1.71 bits per heavy atom. The second kappa shape index (κ2) is 5.73. The number of alkyl halides is 3. The first-order valence-corrected chi connectivity index (χ1v) is 6.01. The predicted octanol–water partition coefficient (Wildman–Crippen LogP) is 3.93. The van der Waals surface area contributed by atoms with E-state index in [1.54, 1.807) is 0 Å². The van der Waals surface area contributed by atoms with Crippen molar-refractivity contribution in [2.24, 2.45) is 0 Å². The summed E-state index contributed by atoms with van der Waals surface area (Å²) in [6.45, 7) is 0. The molecule has 1 N–H and O–H groups in total. The van der Waals surface area contributed by atoms with E-state index < -0.39 is 23.7 Å². The minimum absolute atomic E-state index is 0.0680. The van der Waals surface area contributed by atoms with Crippen LogP contribution in [0.25, 0.3) is 0 Å². The van der Waals surface area contributed by atoms with E-state index in [4.69, 9.17) is 4.74 Å². The van der Waals surface area contributed by atoms with Gasteiger partial charge in [0, 0.05) is 0 Å². The van der Waals surface area contributed by atoms with Crippen molar-refractivity contribution in [3.63, 3.8) is 0 Å². The van der Waals surface area contributed by atoms with E-state index in [-0.39, 0.29) is 16.9 Å². The molecular weight excluding hydrogens is 288 g/mol. The van der Waals surface area contributed by atoms with Gasteiger partial charge in [0.1, 0.15) is 6.10 Å². The smallest absolute Gasteiger partial charge is 0.416 e. The van der Waals surface area contributed by atoms with Crippen LogP contribution in [-0.2, 0) is 6.18 Å². The van der Waals surface area contributed by atoms with Gasteiger partial charge in [-0.25, -0.2) is 4.39 Å². The summed E-state index contributed by atoms with van der Waals surface area (Å²) in [4.78, 5) is 0. The second-order valence-electron chi connectivity index (χ2n) is 4.42. The molecule has 0 fully saturated rings. The van der Waals surface area contributed by atoms with Gasteiger partial charge in [0.25, 0.3) is 0 Å². The summed E-state index contributed by atoms with van der Waals surface area (Å²) in [6.07, 6.45) is -5.79. The lowest BCUT2D eigenvalue weighted by Gasteiger charge is -2.15. The summed E-state index contributed by atoms with van der Waals surface area (Å²) in [5.74, 6) is -0.698. The fraction of sp³-hybridized carbons (Fsp3) is 0.200. The lowest BCUT2D eigenvalue weighted by molar-refractivity contribution is -0.137. The Hall–Kier alpha value is -2.08. The van der Waals surface area contributed by atoms with Crippen LogP contribution in [0.1, 0.15) is 22.8 Å². The molecule has 2 nitrogen and oxygen atoms in total. The molecule has 0 saturated heterocycles. The number of halogens is 4. The number of aliphatic hydroxyl groups is 1. The summed E-state index contributed by atoms with van der Waals surface area (Å²) >= 11 is 0. The monoisotopic (exact) mass is 300 g/mol. The zero-order valence-electron chi connectivity index (χ0n) is 11.0. The maximum atomic E-state index is 13.3. The normalized spacial score (nSPS) is 13.0. The first-order valence-electron chi connectivity index (χ1n) is 6.01. The first-order chi connectivity index (χ1) is 9.82. The topological polar surface area (TPSA) is 29.5 Å². The molecule has 0 spiro atoms. The molecule has 0 aliphatic heterocycles. The lowest BCUT2D eigenvalue weighted by Crippen LogP contribution is -2.07. The van der Waals surface area contributed by atoms with Crippen molar-refractivity contribution in [3.8, 4) is 5.75 Å². The van der Waals surface area contributed by atoms with Gasteiger partial charge >= 0.3 is 6.18 Å². The number of hydrogen-bond donors (Lipinski definition) is 1. The molecule has 0 aliphatic carbocycles. The molecule has 0 amide bonds. The lowest BCUT2D eigenvalue weighted by atomic mass is 9.99. The van der Waals surface area contributed by atoms with E-state index >= 15 is 0 Å². The summed E-state index contributed by atoms with van der Waals surface area (Å²) in [5, 5.41) is 10.1. The van der Waals surface area contributed by atoms with Crippen LogP contribution in [0.2, 0.25) is 0 Å². The van der Waals surface area contributed by atoms with Gasteiger partial charge in [-0.3, -0.25) is 0 Å². The van der Waals surface area contributed by atoms with Crippen molar-refractivity contribution in [3.05, 3.63) is 65.0 Å². The molecule has 21 heavy (non-hydrogen) atoms. The maximum Gasteiger partial charge on any atom is 0.416 e. The van der Waals surface area contributed by atoms with Crippen LogP contribution in [0, 0.1) is 5.82 Å². The molecule has 2 rings (SSSR count). The number of ether oxygens (including phenoxy) is 1. The largest absolute Gasteiger partial charge is 0.494 e. The molecule has 1 unspecified atom stereocenters. The average Bonchev–Trinajstić information content (AvgIpc) is 2.46. The van der Waals surface area contributed by atoms with Crippen molar-refractivity contribution >= 4 is 0 Å². The third-order valence-electron chi connectivity index (χ3n) is 3.02. The molecule has 0 saturated carbocycles. The third-order valence-corrected chi connectivity index (χ3v) is 3.02. The number of benzene rings is 2. The zero-order valence-corrected chi connectivity index (χ0v) is 11.0. The van der Waals surface area contributed by atoms with E-state index in [2.05, 4.69) is 0 Å². The van der Waals surface area contributed by atoms with Crippen LogP contribution < -0.4 is 4.74 Å². The Bertz CT molecular complexity index is 638. The van der Waals surface area contributed by atoms with Gasteiger partial charge in [0.2, 0.25) is 0 Å². The molecule has 0 aromatic heterocycles. The summed E-state index contributed by atoms with van der Waals surface area (Å²) < 4.78 is 56.0. The van der Waals surface area contributed by atoms with E-state index in [1.807, 2.05) is 0 Å². The van der Waals surface area contributed by atoms with Crippen LogP contribution >= 0.6 is 0 Å². The third kappa shape index (κ3) is 3.33. The summed E-state index contributed by atoms with van der Waals surface area (Å²) in [7, 11) is 1.26.